The van der Waals surface area contributed by atoms with Gasteiger partial charge in [0.1, 0.15) is 11.5 Å². The summed E-state index contributed by atoms with van der Waals surface area (Å²) >= 11 is 0. The van der Waals surface area contributed by atoms with Gasteiger partial charge < -0.3 is 20.5 Å². The summed E-state index contributed by atoms with van der Waals surface area (Å²) in [7, 11) is 3.16. The average molecular weight is 465 g/mol. The van der Waals surface area contributed by atoms with Crippen LogP contribution in [0.4, 0.5) is 10.2 Å². The van der Waals surface area contributed by atoms with Gasteiger partial charge in [0.15, 0.2) is 11.6 Å². The van der Waals surface area contributed by atoms with E-state index in [0.29, 0.717) is 22.5 Å². The normalized spacial score (nSPS) is 12.9. The van der Waals surface area contributed by atoms with E-state index in [1.807, 2.05) is 6.92 Å². The lowest BCUT2D eigenvalue weighted by molar-refractivity contribution is 0.0938. The van der Waals surface area contributed by atoms with Crippen molar-refractivity contribution in [2.45, 2.75) is 19.0 Å². The number of halogens is 1. The summed E-state index contributed by atoms with van der Waals surface area (Å²) in [5.41, 5.74) is 2.00. The van der Waals surface area contributed by atoms with E-state index in [2.05, 4.69) is 25.7 Å². The minimum absolute atomic E-state index is 0.0444. The molecule has 0 saturated carbocycles. The van der Waals surface area contributed by atoms with Crippen LogP contribution < -0.4 is 15.4 Å². The maximum absolute atomic E-state index is 14.4. The Hall–Kier alpha value is -4.05. The number of rotatable bonds is 8. The molecular formula is C24H25FN6O3. The molecule has 176 valence electrons. The monoisotopic (exact) mass is 464 g/mol. The molecule has 0 spiro atoms. The zero-order chi connectivity index (χ0) is 24.2. The number of benzene rings is 1. The first kappa shape index (κ1) is 23.1. The molecule has 0 aliphatic carbocycles. The lowest BCUT2D eigenvalue weighted by atomic mass is 10.0. The number of aliphatic hydroxyl groups excluding tert-OH is 1. The van der Waals surface area contributed by atoms with Crippen LogP contribution >= 0.6 is 0 Å². The lowest BCUT2D eigenvalue weighted by Gasteiger charge is -2.19. The van der Waals surface area contributed by atoms with Crippen molar-refractivity contribution in [3.8, 4) is 5.75 Å². The molecule has 0 fully saturated rings. The van der Waals surface area contributed by atoms with Crippen LogP contribution in [-0.4, -0.2) is 50.5 Å². The zero-order valence-electron chi connectivity index (χ0n) is 19.0. The van der Waals surface area contributed by atoms with Crippen molar-refractivity contribution in [3.05, 3.63) is 77.6 Å². The maximum atomic E-state index is 14.4. The van der Waals surface area contributed by atoms with Gasteiger partial charge in [-0.2, -0.15) is 5.10 Å². The Labute approximate surface area is 195 Å². The van der Waals surface area contributed by atoms with Crippen molar-refractivity contribution in [1.82, 2.24) is 25.1 Å². The Bertz CT molecular complexity index is 1330. The number of amides is 1. The number of aromatic nitrogens is 4. The zero-order valence-corrected chi connectivity index (χ0v) is 19.0. The van der Waals surface area contributed by atoms with E-state index >= 15 is 0 Å². The smallest absolute Gasteiger partial charge is 0.270 e. The number of hydrogen-bond acceptors (Lipinski definition) is 7. The molecule has 4 aromatic rings. The highest BCUT2D eigenvalue weighted by atomic mass is 19.1. The number of aliphatic hydroxyl groups is 1. The van der Waals surface area contributed by atoms with Gasteiger partial charge in [-0.25, -0.2) is 14.4 Å². The van der Waals surface area contributed by atoms with Crippen molar-refractivity contribution >= 4 is 22.6 Å². The van der Waals surface area contributed by atoms with Crippen LogP contribution in [0.5, 0.6) is 5.75 Å². The van der Waals surface area contributed by atoms with Gasteiger partial charge in [-0.1, -0.05) is 6.07 Å². The van der Waals surface area contributed by atoms with E-state index in [4.69, 9.17) is 4.74 Å². The van der Waals surface area contributed by atoms with E-state index < -0.39 is 17.8 Å². The molecule has 3 heterocycles. The highest BCUT2D eigenvalue weighted by Crippen LogP contribution is 2.27. The van der Waals surface area contributed by atoms with Gasteiger partial charge in [-0.15, -0.1) is 0 Å². The molecule has 1 amide bonds. The largest absolute Gasteiger partial charge is 0.494 e. The maximum Gasteiger partial charge on any atom is 0.270 e. The topological polar surface area (TPSA) is 114 Å². The fourth-order valence-electron chi connectivity index (χ4n) is 3.54. The van der Waals surface area contributed by atoms with Crippen LogP contribution in [0.2, 0.25) is 0 Å². The van der Waals surface area contributed by atoms with E-state index in [9.17, 15) is 14.3 Å². The molecule has 9 nitrogen and oxygen atoms in total. The first-order valence-corrected chi connectivity index (χ1v) is 10.6. The summed E-state index contributed by atoms with van der Waals surface area (Å²) in [6, 6.07) is 8.79. The molecule has 34 heavy (non-hydrogen) atoms. The highest BCUT2D eigenvalue weighted by molar-refractivity contribution is 5.95. The Morgan fingerprint density at radius 2 is 2.03 bits per heavy atom. The molecule has 3 aromatic heterocycles. The average Bonchev–Trinajstić information content (AvgIpc) is 3.27. The van der Waals surface area contributed by atoms with Crippen LogP contribution in [-0.2, 0) is 7.05 Å². The second-order valence-corrected chi connectivity index (χ2v) is 7.93. The van der Waals surface area contributed by atoms with Crippen LogP contribution in [0.25, 0.3) is 10.9 Å². The van der Waals surface area contributed by atoms with Gasteiger partial charge in [0.25, 0.3) is 5.91 Å². The van der Waals surface area contributed by atoms with Crippen LogP contribution in [0.1, 0.15) is 34.6 Å². The number of aryl methyl sites for hydroxylation is 1. The second-order valence-electron chi connectivity index (χ2n) is 7.93. The Morgan fingerprint density at radius 1 is 1.21 bits per heavy atom. The number of ether oxygens (including phenoxy) is 1. The first-order valence-electron chi connectivity index (χ1n) is 10.6. The van der Waals surface area contributed by atoms with Gasteiger partial charge in [-0.05, 0) is 36.8 Å². The molecule has 4 rings (SSSR count). The van der Waals surface area contributed by atoms with Gasteiger partial charge in [-0.3, -0.25) is 9.48 Å². The number of fused-ring (bicyclic) bond motifs is 1. The van der Waals surface area contributed by atoms with Crippen LogP contribution in [0.15, 0.2) is 55.0 Å². The fraction of sp³-hybridized carbons (Fsp3) is 0.250. The summed E-state index contributed by atoms with van der Waals surface area (Å²) in [4.78, 5) is 22.0. The summed E-state index contributed by atoms with van der Waals surface area (Å²) in [5.74, 6) is -0.301. The molecule has 0 bridgehead atoms. The summed E-state index contributed by atoms with van der Waals surface area (Å²) in [6.07, 6.45) is 5.02. The third-order valence-electron chi connectivity index (χ3n) is 5.32. The first-order chi connectivity index (χ1) is 16.4. The molecule has 0 aliphatic rings. The molecule has 1 unspecified atom stereocenters. The van der Waals surface area contributed by atoms with Crippen molar-refractivity contribution < 1.29 is 19.0 Å². The number of methoxy groups -OCH3 is 1. The molecule has 0 radical (unpaired) electrons. The van der Waals surface area contributed by atoms with Gasteiger partial charge in [0.05, 0.1) is 31.5 Å². The van der Waals surface area contributed by atoms with E-state index in [-0.39, 0.29) is 24.1 Å². The number of nitrogens with zero attached hydrogens (tertiary/aromatic N) is 4. The van der Waals surface area contributed by atoms with Crippen molar-refractivity contribution in [1.29, 1.82) is 0 Å². The Kier molecular flexibility index (Phi) is 6.69. The number of carbonyl (C=O) groups excluding carboxylic acids is 1. The summed E-state index contributed by atoms with van der Waals surface area (Å²) in [6.45, 7) is 1.78. The van der Waals surface area contributed by atoms with E-state index in [1.165, 1.54) is 19.2 Å². The third-order valence-corrected chi connectivity index (χ3v) is 5.32. The molecule has 0 aliphatic heterocycles. The quantitative estimate of drug-likeness (QED) is 0.367. The lowest BCUT2D eigenvalue weighted by Crippen LogP contribution is -2.30. The van der Waals surface area contributed by atoms with Crippen LogP contribution in [0.3, 0.4) is 0 Å². The predicted octanol–water partition coefficient (Wildman–Crippen LogP) is 2.82. The van der Waals surface area contributed by atoms with E-state index in [0.717, 1.165) is 5.39 Å². The Morgan fingerprint density at radius 3 is 2.71 bits per heavy atom. The van der Waals surface area contributed by atoms with Gasteiger partial charge >= 0.3 is 0 Å². The Balaban J connectivity index is 1.65. The highest BCUT2D eigenvalue weighted by Gasteiger charge is 2.22. The fourth-order valence-corrected chi connectivity index (χ4v) is 3.54. The van der Waals surface area contributed by atoms with Crippen molar-refractivity contribution in [2.24, 2.45) is 7.05 Å². The van der Waals surface area contributed by atoms with Crippen molar-refractivity contribution in [3.63, 3.8) is 0 Å². The van der Waals surface area contributed by atoms with Gasteiger partial charge in [0, 0.05) is 42.5 Å². The number of nitrogens with one attached hydrogen (secondary N) is 2. The standard InChI is InChI=1S/C24H25FN6O3/c1-14(13-32)28-22-9-20-16(10-26-22)4-6-19(29-20)24(33)30-23(17-11-27-31(2)12-17)15-5-7-21(34-3)18(25)8-15/h4-12,14,23,32H,13H2,1-3H3,(H,26,28)(H,30,33)/t14-,23?/m0/s1. The summed E-state index contributed by atoms with van der Waals surface area (Å²) in [5, 5.41) is 20.2. The minimum atomic E-state index is -0.654. The number of pyridine rings is 2. The molecule has 3 N–H and O–H groups in total. The van der Waals surface area contributed by atoms with Crippen molar-refractivity contribution in [2.75, 3.05) is 19.0 Å². The third kappa shape index (κ3) is 4.96. The minimum Gasteiger partial charge on any atom is -0.494 e. The summed E-state index contributed by atoms with van der Waals surface area (Å²) < 4.78 is 21.0. The number of hydrogen-bond donors (Lipinski definition) is 3. The molecular weight excluding hydrogens is 439 g/mol. The molecule has 1 aromatic carbocycles. The number of anilines is 1. The van der Waals surface area contributed by atoms with Crippen LogP contribution in [0, 0.1) is 5.82 Å². The number of carbonyl (C=O) groups is 1. The van der Waals surface area contributed by atoms with Gasteiger partial charge in [0.2, 0.25) is 0 Å². The molecule has 0 saturated heterocycles. The second kappa shape index (κ2) is 9.84. The SMILES string of the molecule is COc1ccc(C(NC(=O)c2ccc3cnc(N[C@@H](C)CO)cc3n2)c2cnn(C)c2)cc1F. The van der Waals surface area contributed by atoms with E-state index in [1.54, 1.807) is 54.6 Å². The predicted molar refractivity (Wildman–Crippen MR) is 125 cm³/mol. The molecule has 2 atom stereocenters. The molecule has 10 heteroatoms.